The van der Waals surface area contributed by atoms with Crippen molar-refractivity contribution in [3.05, 3.63) is 0 Å². The highest BCUT2D eigenvalue weighted by molar-refractivity contribution is 5.88. The van der Waals surface area contributed by atoms with Crippen LogP contribution in [-0.4, -0.2) is 73.8 Å². The van der Waals surface area contributed by atoms with Gasteiger partial charge >= 0.3 is 0 Å². The predicted octanol–water partition coefficient (Wildman–Crippen LogP) is 3.75. The van der Waals surface area contributed by atoms with Gasteiger partial charge < -0.3 is 44.2 Å². The van der Waals surface area contributed by atoms with Crippen LogP contribution in [0, 0.1) is 0 Å². The van der Waals surface area contributed by atoms with E-state index in [9.17, 15) is 19.2 Å². The molecule has 51 heavy (non-hydrogen) atoms. The lowest BCUT2D eigenvalue weighted by Gasteiger charge is -2.19. The molecule has 0 aromatic carbocycles. The van der Waals surface area contributed by atoms with Gasteiger partial charge in [-0.3, -0.25) is 29.2 Å². The van der Waals surface area contributed by atoms with Crippen molar-refractivity contribution < 1.29 is 19.2 Å². The quantitative estimate of drug-likeness (QED) is 0.0275. The van der Waals surface area contributed by atoms with E-state index in [1.165, 1.54) is 51.4 Å². The molecule has 0 saturated heterocycles. The van der Waals surface area contributed by atoms with Gasteiger partial charge in [-0.05, 0) is 57.8 Å². The van der Waals surface area contributed by atoms with Crippen molar-refractivity contribution in [2.45, 2.75) is 174 Å². The van der Waals surface area contributed by atoms with Gasteiger partial charge in [0.05, 0.1) is 0 Å². The van der Waals surface area contributed by atoms with Crippen molar-refractivity contribution in [2.75, 3.05) is 26.2 Å². The second-order valence-electron chi connectivity index (χ2n) is 13.5. The Hall–Kier alpha value is -3.58. The van der Waals surface area contributed by atoms with E-state index in [-0.39, 0.29) is 35.5 Å². The molecule has 0 unspecified atom stereocenters. The molecule has 0 aromatic rings. The van der Waals surface area contributed by atoms with Crippen LogP contribution in [0.2, 0.25) is 0 Å². The Morgan fingerprint density at radius 1 is 0.471 bits per heavy atom. The van der Waals surface area contributed by atoms with Crippen LogP contribution in [0.4, 0.5) is 0 Å². The molecule has 4 amide bonds. The van der Waals surface area contributed by atoms with Crippen LogP contribution >= 0.6 is 0 Å². The maximum absolute atomic E-state index is 13.0. The summed E-state index contributed by atoms with van der Waals surface area (Å²) in [7, 11) is 0. The monoisotopic (exact) mass is 723 g/mol. The van der Waals surface area contributed by atoms with E-state index in [0.717, 1.165) is 44.9 Å². The van der Waals surface area contributed by atoms with Gasteiger partial charge in [-0.1, -0.05) is 90.9 Å². The Morgan fingerprint density at radius 2 is 0.804 bits per heavy atom. The number of aliphatic imine (C=N–C) groups is 2. The highest BCUT2D eigenvalue weighted by Crippen LogP contribution is 2.10. The fourth-order valence-corrected chi connectivity index (χ4v) is 5.66. The highest BCUT2D eigenvalue weighted by Gasteiger charge is 2.21. The minimum atomic E-state index is -0.652. The summed E-state index contributed by atoms with van der Waals surface area (Å²) in [5, 5.41) is 11.7. The van der Waals surface area contributed by atoms with Gasteiger partial charge in [0.25, 0.3) is 0 Å². The number of rotatable bonds is 34. The molecule has 2 atom stereocenters. The molecule has 0 aliphatic carbocycles. The van der Waals surface area contributed by atoms with E-state index in [0.29, 0.717) is 77.5 Å². The maximum atomic E-state index is 13.0. The molecular weight excluding hydrogens is 648 g/mol. The van der Waals surface area contributed by atoms with Crippen molar-refractivity contribution in [2.24, 2.45) is 32.9 Å². The topological polar surface area (TPSA) is 245 Å². The summed E-state index contributed by atoms with van der Waals surface area (Å²) in [4.78, 5) is 59.1. The number of hydrogen-bond acceptors (Lipinski definition) is 6. The highest BCUT2D eigenvalue weighted by atomic mass is 16.2. The number of carbonyl (C=O) groups is 4. The third kappa shape index (κ3) is 30.9. The Bertz CT molecular complexity index is 908. The van der Waals surface area contributed by atoms with Gasteiger partial charge in [-0.25, -0.2) is 0 Å². The van der Waals surface area contributed by atoms with Crippen LogP contribution in [0.1, 0.15) is 162 Å². The molecule has 296 valence electrons. The first kappa shape index (κ1) is 47.4. The summed E-state index contributed by atoms with van der Waals surface area (Å²) in [6.45, 7) is 6.05. The zero-order chi connectivity index (χ0) is 38.0. The van der Waals surface area contributed by atoms with Crippen molar-refractivity contribution in [3.8, 4) is 0 Å². The second kappa shape index (κ2) is 33.6. The molecule has 14 nitrogen and oxygen atoms in total. The van der Waals surface area contributed by atoms with Gasteiger partial charge in [0, 0.05) is 39.0 Å². The largest absolute Gasteiger partial charge is 0.370 e. The molecule has 14 heteroatoms. The average molecular weight is 723 g/mol. The second-order valence-corrected chi connectivity index (χ2v) is 13.5. The smallest absolute Gasteiger partial charge is 0.242 e. The van der Waals surface area contributed by atoms with E-state index < -0.39 is 12.1 Å². The van der Waals surface area contributed by atoms with Gasteiger partial charge in [-0.15, -0.1) is 0 Å². The number of nitrogens with zero attached hydrogens (tertiary/aromatic N) is 2. The summed E-state index contributed by atoms with van der Waals surface area (Å²) in [6.07, 6.45) is 20.6. The van der Waals surface area contributed by atoms with E-state index in [1.807, 2.05) is 0 Å². The summed E-state index contributed by atoms with van der Waals surface area (Å²) >= 11 is 0. The molecule has 0 bridgehead atoms. The molecule has 0 rings (SSSR count). The number of nitrogens with two attached hydrogens (primary N) is 4. The molecule has 0 fully saturated rings. The molecule has 0 saturated carbocycles. The Balaban J connectivity index is 4.64. The Kier molecular flexibility index (Phi) is 31.2. The fraction of sp³-hybridized carbons (Fsp3) is 0.838. The van der Waals surface area contributed by atoms with E-state index in [1.54, 1.807) is 0 Å². The van der Waals surface area contributed by atoms with Gasteiger partial charge in [0.1, 0.15) is 12.1 Å². The van der Waals surface area contributed by atoms with Crippen molar-refractivity contribution in [3.63, 3.8) is 0 Å². The zero-order valence-corrected chi connectivity index (χ0v) is 32.1. The average Bonchev–Trinajstić information content (AvgIpc) is 3.09. The van der Waals surface area contributed by atoms with E-state index in [4.69, 9.17) is 22.9 Å². The number of unbranched alkanes of at least 4 members (excludes halogenated alkanes) is 14. The molecule has 0 aromatic heterocycles. The van der Waals surface area contributed by atoms with Crippen molar-refractivity contribution in [1.82, 2.24) is 21.3 Å². The summed E-state index contributed by atoms with van der Waals surface area (Å²) in [5.74, 6) is -0.697. The molecule has 0 aliphatic rings. The molecule has 12 N–H and O–H groups in total. The van der Waals surface area contributed by atoms with Crippen LogP contribution in [0.5, 0.6) is 0 Å². The normalized spacial score (nSPS) is 12.0. The summed E-state index contributed by atoms with van der Waals surface area (Å²) in [5.41, 5.74) is 21.7. The number of guanidine groups is 2. The number of carbonyl (C=O) groups excluding carboxylic acids is 4. The summed E-state index contributed by atoms with van der Waals surface area (Å²) in [6, 6.07) is -1.30. The first-order valence-corrected chi connectivity index (χ1v) is 19.9. The fourth-order valence-electron chi connectivity index (χ4n) is 5.66. The standard InChI is InChI=1S/C37H74N10O4/c1-3-5-7-9-11-13-16-24-32(48)46-30(22-20-28-44-36(38)39)34(50)42-26-18-15-19-27-43-35(51)31(23-21-29-45-37(40)41)47-33(49)25-17-14-12-10-8-6-4-2/h30-31H,3-29H2,1-2H3,(H,42,50)(H,43,51)(H,46,48)(H,47,49)(H4,38,39,44)(H4,40,41,45)/t30-,31-/m0/s1. The number of nitrogens with one attached hydrogen (secondary N) is 4. The molecular formula is C37H74N10O4. The van der Waals surface area contributed by atoms with Crippen molar-refractivity contribution >= 4 is 35.5 Å². The minimum absolute atomic E-state index is 0.00270. The maximum Gasteiger partial charge on any atom is 0.242 e. The van der Waals surface area contributed by atoms with Crippen LogP contribution in [0.25, 0.3) is 0 Å². The van der Waals surface area contributed by atoms with Crippen LogP contribution in [0.3, 0.4) is 0 Å². The predicted molar refractivity (Wildman–Crippen MR) is 209 cm³/mol. The third-order valence-corrected chi connectivity index (χ3v) is 8.66. The van der Waals surface area contributed by atoms with Crippen molar-refractivity contribution in [1.29, 1.82) is 0 Å². The van der Waals surface area contributed by atoms with Crippen LogP contribution in [-0.2, 0) is 19.2 Å². The van der Waals surface area contributed by atoms with Gasteiger partial charge in [0.2, 0.25) is 23.6 Å². The number of amides is 4. The molecule has 0 radical (unpaired) electrons. The van der Waals surface area contributed by atoms with Crippen LogP contribution < -0.4 is 44.2 Å². The lowest BCUT2D eigenvalue weighted by atomic mass is 10.1. The van der Waals surface area contributed by atoms with E-state index in [2.05, 4.69) is 45.1 Å². The van der Waals surface area contributed by atoms with E-state index >= 15 is 0 Å². The lowest BCUT2D eigenvalue weighted by Crippen LogP contribution is -2.47. The first-order chi connectivity index (χ1) is 24.6. The summed E-state index contributed by atoms with van der Waals surface area (Å²) < 4.78 is 0. The minimum Gasteiger partial charge on any atom is -0.370 e. The Labute approximate surface area is 308 Å². The molecule has 0 spiro atoms. The SMILES string of the molecule is CCCCCCCCCC(=O)N[C@@H](CCCN=C(N)N)C(=O)NCCCCCNC(=O)[C@H](CCCN=C(N)N)NC(=O)CCCCCCCCC. The van der Waals surface area contributed by atoms with Gasteiger partial charge in [-0.2, -0.15) is 0 Å². The third-order valence-electron chi connectivity index (χ3n) is 8.66. The van der Waals surface area contributed by atoms with Gasteiger partial charge in [0.15, 0.2) is 11.9 Å². The zero-order valence-electron chi connectivity index (χ0n) is 32.1. The molecule has 0 aliphatic heterocycles. The number of hydrogen-bond donors (Lipinski definition) is 8. The van der Waals surface area contributed by atoms with Crippen LogP contribution in [0.15, 0.2) is 9.98 Å². The Morgan fingerprint density at radius 3 is 1.16 bits per heavy atom. The first-order valence-electron chi connectivity index (χ1n) is 19.9. The lowest BCUT2D eigenvalue weighted by molar-refractivity contribution is -0.129. The molecule has 0 heterocycles.